The zero-order valence-electron chi connectivity index (χ0n) is 15.2. The maximum Gasteiger partial charge on any atom is 0.251 e. The molecule has 0 spiro atoms. The molecular weight excluding hydrogens is 314 g/mol. The molecule has 0 saturated heterocycles. The van der Waals surface area contributed by atoms with Gasteiger partial charge >= 0.3 is 0 Å². The molecule has 0 aromatic heterocycles. The Hall–Kier alpha value is -2.04. The molecule has 0 bridgehead atoms. The van der Waals surface area contributed by atoms with Gasteiger partial charge in [0, 0.05) is 23.3 Å². The van der Waals surface area contributed by atoms with E-state index in [1.165, 1.54) is 12.8 Å². The minimum atomic E-state index is -0.300. The van der Waals surface area contributed by atoms with Crippen molar-refractivity contribution in [1.82, 2.24) is 10.6 Å². The fraction of sp³-hybridized carbons (Fsp3) is 0.600. The number of carbonyl (C=O) groups excluding carboxylic acids is 2. The van der Waals surface area contributed by atoms with Crippen LogP contribution in [0.25, 0.3) is 0 Å². The van der Waals surface area contributed by atoms with E-state index in [9.17, 15) is 9.59 Å². The smallest absolute Gasteiger partial charge is 0.251 e. The Morgan fingerprint density at radius 3 is 2.08 bits per heavy atom. The van der Waals surface area contributed by atoms with E-state index >= 15 is 0 Å². The summed E-state index contributed by atoms with van der Waals surface area (Å²) in [6.07, 6.45) is 6.69. The predicted molar refractivity (Wildman–Crippen MR) is 99.6 cm³/mol. The van der Waals surface area contributed by atoms with Gasteiger partial charge in [-0.05, 0) is 75.6 Å². The first kappa shape index (κ1) is 17.8. The highest BCUT2D eigenvalue weighted by molar-refractivity contribution is 5.95. The van der Waals surface area contributed by atoms with Crippen LogP contribution in [-0.2, 0) is 4.79 Å². The average Bonchev–Trinajstić information content (AvgIpc) is 3.41. The first-order valence-electron chi connectivity index (χ1n) is 9.49. The summed E-state index contributed by atoms with van der Waals surface area (Å²) in [5.74, 6) is 0.792. The SMILES string of the molecule is CC1CCC(NC(=O)C(C)Nc2ccc(C(=O)NC3CC3)cc2)CC1. The minimum Gasteiger partial charge on any atom is -0.374 e. The Kier molecular flexibility index (Phi) is 5.61. The van der Waals surface area contributed by atoms with Gasteiger partial charge < -0.3 is 16.0 Å². The highest BCUT2D eigenvalue weighted by atomic mass is 16.2. The Balaban J connectivity index is 1.47. The highest BCUT2D eigenvalue weighted by Gasteiger charge is 2.24. The molecule has 136 valence electrons. The van der Waals surface area contributed by atoms with Crippen LogP contribution in [0.2, 0.25) is 0 Å². The Morgan fingerprint density at radius 2 is 1.48 bits per heavy atom. The summed E-state index contributed by atoms with van der Waals surface area (Å²) in [4.78, 5) is 24.3. The molecule has 3 N–H and O–H groups in total. The van der Waals surface area contributed by atoms with Gasteiger partial charge in [-0.15, -0.1) is 0 Å². The zero-order valence-corrected chi connectivity index (χ0v) is 15.2. The van der Waals surface area contributed by atoms with Gasteiger partial charge in [0.15, 0.2) is 0 Å². The van der Waals surface area contributed by atoms with E-state index in [0.29, 0.717) is 17.6 Å². The molecule has 1 unspecified atom stereocenters. The van der Waals surface area contributed by atoms with Crippen molar-refractivity contribution in [3.05, 3.63) is 29.8 Å². The lowest BCUT2D eigenvalue weighted by Gasteiger charge is -2.28. The van der Waals surface area contributed by atoms with Crippen LogP contribution in [-0.4, -0.2) is 29.9 Å². The van der Waals surface area contributed by atoms with Gasteiger partial charge in [-0.25, -0.2) is 0 Å². The molecule has 1 aromatic rings. The Morgan fingerprint density at radius 1 is 0.920 bits per heavy atom. The third-order valence-corrected chi connectivity index (χ3v) is 5.20. The van der Waals surface area contributed by atoms with E-state index in [1.807, 2.05) is 19.1 Å². The standard InChI is InChI=1S/C20H29N3O2/c1-13-3-7-17(8-4-13)22-19(24)14(2)21-16-9-5-15(6-10-16)20(25)23-18-11-12-18/h5-6,9-10,13-14,17-18,21H,3-4,7-8,11-12H2,1-2H3,(H,22,24)(H,23,25). The molecule has 25 heavy (non-hydrogen) atoms. The van der Waals surface area contributed by atoms with E-state index in [-0.39, 0.29) is 17.9 Å². The van der Waals surface area contributed by atoms with Crippen molar-refractivity contribution in [1.29, 1.82) is 0 Å². The number of amides is 2. The van der Waals surface area contributed by atoms with Crippen molar-refractivity contribution in [3.63, 3.8) is 0 Å². The van der Waals surface area contributed by atoms with Gasteiger partial charge in [-0.1, -0.05) is 6.92 Å². The lowest BCUT2D eigenvalue weighted by atomic mass is 9.87. The number of benzene rings is 1. The molecule has 0 heterocycles. The number of rotatable bonds is 6. The van der Waals surface area contributed by atoms with Gasteiger partial charge in [-0.2, -0.15) is 0 Å². The van der Waals surface area contributed by atoms with Crippen molar-refractivity contribution < 1.29 is 9.59 Å². The summed E-state index contributed by atoms with van der Waals surface area (Å²) >= 11 is 0. The van der Waals surface area contributed by atoms with Crippen LogP contribution in [0.5, 0.6) is 0 Å². The van der Waals surface area contributed by atoms with Gasteiger partial charge in [0.2, 0.25) is 5.91 Å². The average molecular weight is 343 g/mol. The van der Waals surface area contributed by atoms with E-state index in [4.69, 9.17) is 0 Å². The van der Waals surface area contributed by atoms with E-state index in [2.05, 4.69) is 22.9 Å². The molecule has 0 radical (unpaired) electrons. The second-order valence-corrected chi connectivity index (χ2v) is 7.66. The summed E-state index contributed by atoms with van der Waals surface area (Å²) in [7, 11) is 0. The third-order valence-electron chi connectivity index (χ3n) is 5.20. The molecule has 5 nitrogen and oxygen atoms in total. The van der Waals surface area contributed by atoms with Crippen LogP contribution in [0.1, 0.15) is 62.7 Å². The fourth-order valence-corrected chi connectivity index (χ4v) is 3.26. The lowest BCUT2D eigenvalue weighted by molar-refractivity contribution is -0.122. The van der Waals surface area contributed by atoms with Gasteiger partial charge in [0.1, 0.15) is 6.04 Å². The van der Waals surface area contributed by atoms with E-state index < -0.39 is 0 Å². The summed E-state index contributed by atoms with van der Waals surface area (Å²) in [5.41, 5.74) is 1.51. The van der Waals surface area contributed by atoms with Gasteiger partial charge in [-0.3, -0.25) is 9.59 Å². The normalized spacial score (nSPS) is 24.2. The largest absolute Gasteiger partial charge is 0.374 e. The third kappa shape index (κ3) is 5.21. The first-order chi connectivity index (χ1) is 12.0. The van der Waals surface area contributed by atoms with Crippen LogP contribution >= 0.6 is 0 Å². The molecule has 5 heteroatoms. The molecule has 0 aliphatic heterocycles. The quantitative estimate of drug-likeness (QED) is 0.743. The van der Waals surface area contributed by atoms with Crippen LogP contribution in [0.3, 0.4) is 0 Å². The van der Waals surface area contributed by atoms with Crippen molar-refractivity contribution in [2.75, 3.05) is 5.32 Å². The van der Waals surface area contributed by atoms with Crippen molar-refractivity contribution >= 4 is 17.5 Å². The Labute approximate surface area is 150 Å². The van der Waals surface area contributed by atoms with Gasteiger partial charge in [0.25, 0.3) is 5.91 Å². The number of nitrogens with one attached hydrogen (secondary N) is 3. The minimum absolute atomic E-state index is 0.0219. The van der Waals surface area contributed by atoms with Gasteiger partial charge in [0.05, 0.1) is 0 Å². The molecule has 2 amide bonds. The fourth-order valence-electron chi connectivity index (χ4n) is 3.26. The molecule has 1 atom stereocenters. The molecule has 1 aromatic carbocycles. The number of hydrogen-bond donors (Lipinski definition) is 3. The predicted octanol–water partition coefficient (Wildman–Crippen LogP) is 3.07. The number of hydrogen-bond acceptors (Lipinski definition) is 3. The van der Waals surface area contributed by atoms with Crippen molar-refractivity contribution in [3.8, 4) is 0 Å². The maximum absolute atomic E-state index is 12.4. The summed E-state index contributed by atoms with van der Waals surface area (Å²) in [6, 6.07) is 7.67. The molecule has 2 fully saturated rings. The van der Waals surface area contributed by atoms with Crippen LogP contribution in [0.15, 0.2) is 24.3 Å². The monoisotopic (exact) mass is 343 g/mol. The lowest BCUT2D eigenvalue weighted by Crippen LogP contribution is -2.44. The van der Waals surface area contributed by atoms with Crippen LogP contribution < -0.4 is 16.0 Å². The van der Waals surface area contributed by atoms with E-state index in [1.54, 1.807) is 12.1 Å². The highest BCUT2D eigenvalue weighted by Crippen LogP contribution is 2.23. The topological polar surface area (TPSA) is 70.2 Å². The molecule has 2 saturated carbocycles. The second kappa shape index (κ2) is 7.89. The van der Waals surface area contributed by atoms with Crippen molar-refractivity contribution in [2.45, 2.75) is 70.5 Å². The summed E-state index contributed by atoms with van der Waals surface area (Å²) in [6.45, 7) is 4.14. The molecular formula is C20H29N3O2. The summed E-state index contributed by atoms with van der Waals surface area (Å²) in [5, 5.41) is 9.34. The van der Waals surface area contributed by atoms with Crippen LogP contribution in [0.4, 0.5) is 5.69 Å². The molecule has 2 aliphatic rings. The first-order valence-corrected chi connectivity index (χ1v) is 9.49. The summed E-state index contributed by atoms with van der Waals surface area (Å²) < 4.78 is 0. The van der Waals surface area contributed by atoms with Crippen LogP contribution in [0, 0.1) is 5.92 Å². The second-order valence-electron chi connectivity index (χ2n) is 7.66. The Bertz CT molecular complexity index is 602. The van der Waals surface area contributed by atoms with E-state index in [0.717, 1.165) is 37.3 Å². The zero-order chi connectivity index (χ0) is 17.8. The maximum atomic E-state index is 12.4. The van der Waals surface area contributed by atoms with Crippen molar-refractivity contribution in [2.24, 2.45) is 5.92 Å². The molecule has 3 rings (SSSR count). The number of carbonyl (C=O) groups is 2. The number of anilines is 1. The molecule has 2 aliphatic carbocycles.